The van der Waals surface area contributed by atoms with E-state index < -0.39 is 0 Å². The Balaban J connectivity index is 1.72. The van der Waals surface area contributed by atoms with E-state index in [4.69, 9.17) is 4.98 Å². The molecule has 0 N–H and O–H groups in total. The summed E-state index contributed by atoms with van der Waals surface area (Å²) in [5.41, 5.74) is 7.48. The number of hydrogen-bond acceptors (Lipinski definition) is 2. The fourth-order valence-electron chi connectivity index (χ4n) is 4.34. The first-order chi connectivity index (χ1) is 16.2. The first kappa shape index (κ1) is 23.0. The number of imidazole rings is 1. The van der Waals surface area contributed by atoms with Crippen molar-refractivity contribution in [1.29, 1.82) is 0 Å². The lowest BCUT2D eigenvalue weighted by Crippen LogP contribution is -2.20. The average molecular weight is 438 g/mol. The molecule has 3 aromatic carbocycles. The highest BCUT2D eigenvalue weighted by Gasteiger charge is 2.20. The van der Waals surface area contributed by atoms with E-state index >= 15 is 0 Å². The molecule has 0 radical (unpaired) electrons. The SMILES string of the molecule is CCCCn1c(-c2ccccc2)nc(-c2ccccc2)c1CN(C)Cc1ccc(CC)cc1. The van der Waals surface area contributed by atoms with Crippen molar-refractivity contribution in [2.45, 2.75) is 52.7 Å². The summed E-state index contributed by atoms with van der Waals surface area (Å²) < 4.78 is 2.46. The van der Waals surface area contributed by atoms with Crippen molar-refractivity contribution in [3.63, 3.8) is 0 Å². The fourth-order valence-corrected chi connectivity index (χ4v) is 4.34. The second-order valence-corrected chi connectivity index (χ2v) is 8.81. The van der Waals surface area contributed by atoms with E-state index in [9.17, 15) is 0 Å². The Kier molecular flexibility index (Phi) is 7.74. The second kappa shape index (κ2) is 11.1. The molecule has 0 fully saturated rings. The third-order valence-electron chi connectivity index (χ3n) is 6.19. The van der Waals surface area contributed by atoms with Gasteiger partial charge in [0.2, 0.25) is 0 Å². The minimum Gasteiger partial charge on any atom is -0.326 e. The topological polar surface area (TPSA) is 21.1 Å². The van der Waals surface area contributed by atoms with Crippen molar-refractivity contribution in [3.8, 4) is 22.6 Å². The van der Waals surface area contributed by atoms with Crippen LogP contribution in [0, 0.1) is 0 Å². The van der Waals surface area contributed by atoms with Gasteiger partial charge in [0.15, 0.2) is 0 Å². The van der Waals surface area contributed by atoms with Crippen molar-refractivity contribution in [2.75, 3.05) is 7.05 Å². The molecule has 0 bridgehead atoms. The zero-order valence-corrected chi connectivity index (χ0v) is 20.2. The minimum absolute atomic E-state index is 0.851. The van der Waals surface area contributed by atoms with E-state index in [-0.39, 0.29) is 0 Å². The van der Waals surface area contributed by atoms with Crippen LogP contribution in [0.15, 0.2) is 84.9 Å². The zero-order valence-electron chi connectivity index (χ0n) is 20.2. The van der Waals surface area contributed by atoms with Crippen LogP contribution in [0.4, 0.5) is 0 Å². The van der Waals surface area contributed by atoms with Crippen LogP contribution in [0.25, 0.3) is 22.6 Å². The Hall–Kier alpha value is -3.17. The maximum atomic E-state index is 5.22. The molecule has 170 valence electrons. The predicted molar refractivity (Wildman–Crippen MR) is 139 cm³/mol. The standard InChI is InChI=1S/C30H35N3/c1-4-6-21-33-28(23-32(3)22-25-19-17-24(5-2)18-20-25)29(26-13-9-7-10-14-26)31-30(33)27-15-11-8-12-16-27/h7-20H,4-6,21-23H2,1-3H3. The lowest BCUT2D eigenvalue weighted by molar-refractivity contribution is 0.309. The lowest BCUT2D eigenvalue weighted by Gasteiger charge is -2.20. The number of nitrogens with zero attached hydrogens (tertiary/aromatic N) is 3. The quantitative estimate of drug-likeness (QED) is 0.261. The van der Waals surface area contributed by atoms with Crippen LogP contribution in [-0.2, 0) is 26.1 Å². The molecule has 1 aromatic heterocycles. The van der Waals surface area contributed by atoms with Gasteiger partial charge in [0.1, 0.15) is 5.82 Å². The summed E-state index contributed by atoms with van der Waals surface area (Å²) in [4.78, 5) is 7.63. The molecular weight excluding hydrogens is 402 g/mol. The van der Waals surface area contributed by atoms with E-state index in [1.165, 1.54) is 27.9 Å². The summed E-state index contributed by atoms with van der Waals surface area (Å²) in [6, 6.07) is 30.2. The summed E-state index contributed by atoms with van der Waals surface area (Å²) in [6.45, 7) is 7.20. The van der Waals surface area contributed by atoms with E-state index in [0.717, 1.165) is 50.4 Å². The highest BCUT2D eigenvalue weighted by atomic mass is 15.2. The van der Waals surface area contributed by atoms with Gasteiger partial charge in [0.25, 0.3) is 0 Å². The van der Waals surface area contributed by atoms with Gasteiger partial charge in [0.05, 0.1) is 11.4 Å². The van der Waals surface area contributed by atoms with Gasteiger partial charge in [-0.05, 0) is 31.0 Å². The number of unbranched alkanes of at least 4 members (excludes halogenated alkanes) is 1. The molecule has 0 spiro atoms. The molecule has 3 nitrogen and oxygen atoms in total. The predicted octanol–water partition coefficient (Wildman–Crippen LogP) is 7.21. The Morgan fingerprint density at radius 2 is 1.33 bits per heavy atom. The highest BCUT2D eigenvalue weighted by molar-refractivity contribution is 5.68. The number of rotatable bonds is 10. The molecule has 0 aliphatic carbocycles. The number of hydrogen-bond donors (Lipinski definition) is 0. The van der Waals surface area contributed by atoms with E-state index in [0.29, 0.717) is 0 Å². The normalized spacial score (nSPS) is 11.3. The van der Waals surface area contributed by atoms with Gasteiger partial charge in [-0.25, -0.2) is 4.98 Å². The van der Waals surface area contributed by atoms with Crippen LogP contribution in [0.5, 0.6) is 0 Å². The maximum absolute atomic E-state index is 5.22. The van der Waals surface area contributed by atoms with Gasteiger partial charge >= 0.3 is 0 Å². The molecule has 0 atom stereocenters. The highest BCUT2D eigenvalue weighted by Crippen LogP contribution is 2.31. The summed E-state index contributed by atoms with van der Waals surface area (Å²) in [5, 5.41) is 0. The molecular formula is C30H35N3. The Bertz CT molecular complexity index is 1130. The minimum atomic E-state index is 0.851. The lowest BCUT2D eigenvalue weighted by atomic mass is 10.1. The first-order valence-corrected chi connectivity index (χ1v) is 12.2. The van der Waals surface area contributed by atoms with Gasteiger partial charge in [-0.1, -0.05) is 105 Å². The molecule has 0 aliphatic heterocycles. The molecule has 1 heterocycles. The van der Waals surface area contributed by atoms with Crippen molar-refractivity contribution >= 4 is 0 Å². The third-order valence-corrected chi connectivity index (χ3v) is 6.19. The Labute approximate surface area is 198 Å². The third kappa shape index (κ3) is 5.61. The molecule has 4 rings (SSSR count). The Morgan fingerprint density at radius 3 is 1.94 bits per heavy atom. The first-order valence-electron chi connectivity index (χ1n) is 12.2. The number of aryl methyl sites for hydroxylation is 1. The molecule has 0 saturated heterocycles. The van der Waals surface area contributed by atoms with Gasteiger partial charge in [-0.2, -0.15) is 0 Å². The van der Waals surface area contributed by atoms with Crippen molar-refractivity contribution < 1.29 is 0 Å². The summed E-state index contributed by atoms with van der Waals surface area (Å²) >= 11 is 0. The number of aromatic nitrogens is 2. The van der Waals surface area contributed by atoms with E-state index in [1.807, 2.05) is 0 Å². The molecule has 3 heteroatoms. The largest absolute Gasteiger partial charge is 0.326 e. The monoisotopic (exact) mass is 437 g/mol. The van der Waals surface area contributed by atoms with Gasteiger partial charge in [-0.15, -0.1) is 0 Å². The summed E-state index contributed by atoms with van der Waals surface area (Å²) in [6.07, 6.45) is 3.38. The molecule has 0 amide bonds. The molecule has 0 unspecified atom stereocenters. The average Bonchev–Trinajstić information content (AvgIpc) is 3.22. The van der Waals surface area contributed by atoms with Gasteiger partial charge in [0, 0.05) is 30.8 Å². The van der Waals surface area contributed by atoms with Crippen LogP contribution >= 0.6 is 0 Å². The Morgan fingerprint density at radius 1 is 0.727 bits per heavy atom. The van der Waals surface area contributed by atoms with Gasteiger partial charge < -0.3 is 4.57 Å². The van der Waals surface area contributed by atoms with Crippen LogP contribution in [-0.4, -0.2) is 21.5 Å². The molecule has 0 aliphatic rings. The summed E-state index contributed by atoms with van der Waals surface area (Å²) in [7, 11) is 2.21. The van der Waals surface area contributed by atoms with Crippen LogP contribution in [0.1, 0.15) is 43.5 Å². The smallest absolute Gasteiger partial charge is 0.140 e. The van der Waals surface area contributed by atoms with E-state index in [1.54, 1.807) is 0 Å². The maximum Gasteiger partial charge on any atom is 0.140 e. The van der Waals surface area contributed by atoms with Crippen LogP contribution < -0.4 is 0 Å². The van der Waals surface area contributed by atoms with Crippen LogP contribution in [0.3, 0.4) is 0 Å². The van der Waals surface area contributed by atoms with Crippen LogP contribution in [0.2, 0.25) is 0 Å². The van der Waals surface area contributed by atoms with E-state index in [2.05, 4.69) is 115 Å². The van der Waals surface area contributed by atoms with Crippen molar-refractivity contribution in [1.82, 2.24) is 14.5 Å². The second-order valence-electron chi connectivity index (χ2n) is 8.81. The number of benzene rings is 3. The molecule has 4 aromatic rings. The van der Waals surface area contributed by atoms with Crippen molar-refractivity contribution in [3.05, 3.63) is 102 Å². The molecule has 33 heavy (non-hydrogen) atoms. The summed E-state index contributed by atoms with van der Waals surface area (Å²) in [5.74, 6) is 1.07. The fraction of sp³-hybridized carbons (Fsp3) is 0.300. The zero-order chi connectivity index (χ0) is 23.0. The molecule has 0 saturated carbocycles. The van der Waals surface area contributed by atoms with Crippen molar-refractivity contribution in [2.24, 2.45) is 0 Å². The van der Waals surface area contributed by atoms with Gasteiger partial charge in [-0.3, -0.25) is 4.90 Å².